The van der Waals surface area contributed by atoms with Crippen molar-refractivity contribution in [2.24, 2.45) is 12.8 Å². The molecule has 3 heterocycles. The third-order valence-corrected chi connectivity index (χ3v) is 5.62. The minimum Gasteiger partial charge on any atom is -0.464 e. The Bertz CT molecular complexity index is 1360. The van der Waals surface area contributed by atoms with Gasteiger partial charge in [0.1, 0.15) is 22.7 Å². The molecule has 0 fully saturated rings. The number of ether oxygens (including phenoxy) is 2. The summed E-state index contributed by atoms with van der Waals surface area (Å²) in [7, 11) is 2.97. The van der Waals surface area contributed by atoms with E-state index in [1.807, 2.05) is 17.0 Å². The van der Waals surface area contributed by atoms with Gasteiger partial charge in [-0.15, -0.1) is 0 Å². The summed E-state index contributed by atoms with van der Waals surface area (Å²) in [5.41, 5.74) is 9.52. The number of nitrogens with zero attached hydrogens (tertiary/aromatic N) is 5. The zero-order valence-electron chi connectivity index (χ0n) is 19.2. The Kier molecular flexibility index (Phi) is 7.54. The van der Waals surface area contributed by atoms with Gasteiger partial charge in [-0.1, -0.05) is 11.6 Å². The average molecular weight is 499 g/mol. The Morgan fingerprint density at radius 1 is 1.17 bits per heavy atom. The Labute approximate surface area is 206 Å². The van der Waals surface area contributed by atoms with Crippen LogP contribution in [0.5, 0.6) is 0 Å². The smallest absolute Gasteiger partial charge is 0.356 e. The maximum atomic E-state index is 13.9. The minimum absolute atomic E-state index is 0.00575. The van der Waals surface area contributed by atoms with E-state index in [-0.39, 0.29) is 5.02 Å². The van der Waals surface area contributed by atoms with E-state index < -0.39 is 11.8 Å². The summed E-state index contributed by atoms with van der Waals surface area (Å²) in [5, 5.41) is 4.41. The number of carbonyl (C=O) groups is 1. The van der Waals surface area contributed by atoms with Crippen molar-refractivity contribution in [1.29, 1.82) is 0 Å². The summed E-state index contributed by atoms with van der Waals surface area (Å²) in [6.07, 6.45) is 1.67. The number of methoxy groups -OCH3 is 1. The van der Waals surface area contributed by atoms with Crippen LogP contribution in [-0.2, 0) is 16.5 Å². The third kappa shape index (κ3) is 5.24. The molecule has 182 valence electrons. The van der Waals surface area contributed by atoms with Crippen molar-refractivity contribution in [2.75, 3.05) is 38.3 Å². The number of pyridine rings is 2. The number of carbonyl (C=O) groups excluding carboxylic acids is 1. The molecule has 0 bridgehead atoms. The van der Waals surface area contributed by atoms with Gasteiger partial charge >= 0.3 is 5.97 Å². The number of esters is 1. The topological polar surface area (TPSA) is 108 Å². The second-order valence-electron chi connectivity index (χ2n) is 7.58. The Morgan fingerprint density at radius 3 is 2.74 bits per heavy atom. The maximum absolute atomic E-state index is 13.9. The molecule has 0 unspecified atom stereocenters. The maximum Gasteiger partial charge on any atom is 0.356 e. The molecule has 0 saturated carbocycles. The standard InChI is InChI=1S/C24H24ClFN6O3/c1-31-22(24(33)34-2)14-20(30-31)18-5-6-19-23(29-18)21(7-9-28-19)32(10-12-35-11-8-27)15-3-4-17(26)16(25)13-15/h3-7,9,13-14H,8,10-12,27H2,1-2H3. The van der Waals surface area contributed by atoms with Crippen molar-refractivity contribution in [3.05, 3.63) is 65.2 Å². The van der Waals surface area contributed by atoms with Crippen molar-refractivity contribution < 1.29 is 18.7 Å². The van der Waals surface area contributed by atoms with Gasteiger partial charge in [-0.3, -0.25) is 9.67 Å². The number of halogens is 2. The SMILES string of the molecule is COC(=O)c1cc(-c2ccc3nccc(N(CCOCCN)c4ccc(F)c(Cl)c4)c3n2)nn1C. The van der Waals surface area contributed by atoms with Crippen molar-refractivity contribution >= 4 is 40.0 Å². The van der Waals surface area contributed by atoms with Crippen LogP contribution in [0.3, 0.4) is 0 Å². The molecule has 0 saturated heterocycles. The van der Waals surface area contributed by atoms with E-state index in [2.05, 4.69) is 10.1 Å². The second kappa shape index (κ2) is 10.8. The molecule has 4 rings (SSSR count). The fourth-order valence-corrected chi connectivity index (χ4v) is 3.82. The molecule has 1 aromatic carbocycles. The Hall–Kier alpha value is -3.60. The van der Waals surface area contributed by atoms with Gasteiger partial charge in [-0.05, 0) is 36.4 Å². The summed E-state index contributed by atoms with van der Waals surface area (Å²) in [5.74, 6) is -1.00. The van der Waals surface area contributed by atoms with Crippen molar-refractivity contribution in [2.45, 2.75) is 0 Å². The van der Waals surface area contributed by atoms with Crippen LogP contribution in [0.2, 0.25) is 5.02 Å². The number of aromatic nitrogens is 4. The quantitative estimate of drug-likeness (QED) is 0.275. The molecule has 2 N–H and O–H groups in total. The molecule has 0 aliphatic carbocycles. The molecule has 0 atom stereocenters. The molecule has 0 aliphatic rings. The summed E-state index contributed by atoms with van der Waals surface area (Å²) < 4.78 is 25.7. The molecule has 4 aromatic rings. The van der Waals surface area contributed by atoms with Gasteiger partial charge in [0.15, 0.2) is 0 Å². The predicted molar refractivity (Wildman–Crippen MR) is 131 cm³/mol. The highest BCUT2D eigenvalue weighted by Gasteiger charge is 2.19. The molecular weight excluding hydrogens is 475 g/mol. The van der Waals surface area contributed by atoms with Crippen LogP contribution in [0.1, 0.15) is 10.5 Å². The van der Waals surface area contributed by atoms with Crippen LogP contribution < -0.4 is 10.6 Å². The number of fused-ring (bicyclic) bond motifs is 1. The van der Waals surface area contributed by atoms with E-state index in [4.69, 9.17) is 31.8 Å². The predicted octanol–water partition coefficient (Wildman–Crippen LogP) is 3.72. The molecule has 9 nitrogen and oxygen atoms in total. The number of rotatable bonds is 9. The van der Waals surface area contributed by atoms with Crippen molar-refractivity contribution in [3.63, 3.8) is 0 Å². The van der Waals surface area contributed by atoms with E-state index in [1.54, 1.807) is 37.5 Å². The van der Waals surface area contributed by atoms with E-state index in [9.17, 15) is 9.18 Å². The van der Waals surface area contributed by atoms with E-state index in [1.165, 1.54) is 17.9 Å². The first kappa shape index (κ1) is 24.5. The fourth-order valence-electron chi connectivity index (χ4n) is 3.64. The monoisotopic (exact) mass is 498 g/mol. The fraction of sp³-hybridized carbons (Fsp3) is 0.250. The van der Waals surface area contributed by atoms with E-state index in [0.29, 0.717) is 60.1 Å². The molecule has 0 spiro atoms. The summed E-state index contributed by atoms with van der Waals surface area (Å²) >= 11 is 6.08. The molecule has 0 aliphatic heterocycles. The van der Waals surface area contributed by atoms with Crippen LogP contribution in [0.25, 0.3) is 22.4 Å². The average Bonchev–Trinajstić information content (AvgIpc) is 3.26. The molecule has 3 aromatic heterocycles. The first-order valence-electron chi connectivity index (χ1n) is 10.8. The summed E-state index contributed by atoms with van der Waals surface area (Å²) in [4.78, 5) is 23.2. The second-order valence-corrected chi connectivity index (χ2v) is 7.98. The number of aryl methyl sites for hydroxylation is 1. The van der Waals surface area contributed by atoms with Crippen LogP contribution in [-0.4, -0.2) is 59.1 Å². The van der Waals surface area contributed by atoms with Crippen LogP contribution >= 0.6 is 11.6 Å². The van der Waals surface area contributed by atoms with E-state index in [0.717, 1.165) is 5.69 Å². The largest absolute Gasteiger partial charge is 0.464 e. The first-order valence-corrected chi connectivity index (χ1v) is 11.2. The lowest BCUT2D eigenvalue weighted by Gasteiger charge is -2.26. The van der Waals surface area contributed by atoms with Gasteiger partial charge in [-0.2, -0.15) is 5.10 Å². The number of anilines is 2. The zero-order valence-corrected chi connectivity index (χ0v) is 20.0. The Morgan fingerprint density at radius 2 is 2.00 bits per heavy atom. The lowest BCUT2D eigenvalue weighted by molar-refractivity contribution is 0.0588. The normalized spacial score (nSPS) is 11.1. The summed E-state index contributed by atoms with van der Waals surface area (Å²) in [6.45, 7) is 1.63. The lowest BCUT2D eigenvalue weighted by atomic mass is 10.2. The van der Waals surface area contributed by atoms with Gasteiger partial charge in [0.05, 0.1) is 42.2 Å². The highest BCUT2D eigenvalue weighted by molar-refractivity contribution is 6.31. The molecule has 0 radical (unpaired) electrons. The number of hydrogen-bond donors (Lipinski definition) is 1. The van der Waals surface area contributed by atoms with Crippen molar-refractivity contribution in [1.82, 2.24) is 19.7 Å². The van der Waals surface area contributed by atoms with E-state index >= 15 is 0 Å². The molecule has 11 heteroatoms. The molecule has 0 amide bonds. The first-order chi connectivity index (χ1) is 16.9. The van der Waals surface area contributed by atoms with Crippen LogP contribution in [0, 0.1) is 5.82 Å². The summed E-state index contributed by atoms with van der Waals surface area (Å²) in [6, 6.07) is 11.6. The molecule has 35 heavy (non-hydrogen) atoms. The highest BCUT2D eigenvalue weighted by Crippen LogP contribution is 2.33. The zero-order chi connectivity index (χ0) is 24.9. The number of hydrogen-bond acceptors (Lipinski definition) is 8. The number of benzene rings is 1. The van der Waals surface area contributed by atoms with Crippen LogP contribution in [0.15, 0.2) is 48.7 Å². The van der Waals surface area contributed by atoms with Gasteiger partial charge in [0.25, 0.3) is 0 Å². The van der Waals surface area contributed by atoms with Gasteiger partial charge in [-0.25, -0.2) is 14.2 Å². The highest BCUT2D eigenvalue weighted by atomic mass is 35.5. The van der Waals surface area contributed by atoms with Gasteiger partial charge < -0.3 is 20.1 Å². The minimum atomic E-state index is -0.508. The van der Waals surface area contributed by atoms with Crippen LogP contribution in [0.4, 0.5) is 15.8 Å². The van der Waals surface area contributed by atoms with Crippen molar-refractivity contribution in [3.8, 4) is 11.4 Å². The number of nitrogens with two attached hydrogens (primary N) is 1. The third-order valence-electron chi connectivity index (χ3n) is 5.33. The Balaban J connectivity index is 1.80. The lowest BCUT2D eigenvalue weighted by Crippen LogP contribution is -2.24. The van der Waals surface area contributed by atoms with Gasteiger partial charge in [0.2, 0.25) is 0 Å². The van der Waals surface area contributed by atoms with Gasteiger partial charge in [0, 0.05) is 38.1 Å². The molecular formula is C24H24ClFN6O3.